The first-order chi connectivity index (χ1) is 12.3. The monoisotopic (exact) mass is 341 g/mol. The SMILES string of the molecule is CCCc1noc(CCC(=O)N2CCCC[C@@H]2Cc2ccccc2)n1. The molecule has 0 saturated carbocycles. The van der Waals surface area contributed by atoms with E-state index < -0.39 is 0 Å². The van der Waals surface area contributed by atoms with Gasteiger partial charge in [-0.05, 0) is 37.7 Å². The lowest BCUT2D eigenvalue weighted by atomic mass is 9.95. The van der Waals surface area contributed by atoms with E-state index in [0.717, 1.165) is 44.5 Å². The Morgan fingerprint density at radius 3 is 2.88 bits per heavy atom. The maximum atomic E-state index is 12.7. The number of hydrogen-bond acceptors (Lipinski definition) is 4. The zero-order valence-corrected chi connectivity index (χ0v) is 15.0. The number of piperidine rings is 1. The van der Waals surface area contributed by atoms with Gasteiger partial charge in [-0.25, -0.2) is 0 Å². The third-order valence-electron chi connectivity index (χ3n) is 4.80. The highest BCUT2D eigenvalue weighted by Gasteiger charge is 2.26. The summed E-state index contributed by atoms with van der Waals surface area (Å²) in [5.74, 6) is 1.52. The summed E-state index contributed by atoms with van der Waals surface area (Å²) in [6.45, 7) is 2.95. The molecular formula is C20H27N3O2. The quantitative estimate of drug-likeness (QED) is 0.772. The van der Waals surface area contributed by atoms with Gasteiger partial charge in [0.25, 0.3) is 0 Å². The molecule has 2 aromatic rings. The van der Waals surface area contributed by atoms with Gasteiger partial charge in [0.15, 0.2) is 5.82 Å². The van der Waals surface area contributed by atoms with Gasteiger partial charge >= 0.3 is 0 Å². The van der Waals surface area contributed by atoms with Gasteiger partial charge < -0.3 is 9.42 Å². The zero-order chi connectivity index (χ0) is 17.5. The van der Waals surface area contributed by atoms with Crippen molar-refractivity contribution in [2.24, 2.45) is 0 Å². The predicted molar refractivity (Wildman–Crippen MR) is 96.1 cm³/mol. The van der Waals surface area contributed by atoms with E-state index in [9.17, 15) is 4.79 Å². The van der Waals surface area contributed by atoms with Gasteiger partial charge in [0.1, 0.15) is 0 Å². The van der Waals surface area contributed by atoms with E-state index in [4.69, 9.17) is 4.52 Å². The van der Waals surface area contributed by atoms with Crippen molar-refractivity contribution in [3.63, 3.8) is 0 Å². The van der Waals surface area contributed by atoms with Crippen molar-refractivity contribution in [3.05, 3.63) is 47.6 Å². The molecular weight excluding hydrogens is 314 g/mol. The lowest BCUT2D eigenvalue weighted by molar-refractivity contribution is -0.134. The average Bonchev–Trinajstić information content (AvgIpc) is 3.09. The molecule has 5 nitrogen and oxygen atoms in total. The molecule has 1 amide bonds. The summed E-state index contributed by atoms with van der Waals surface area (Å²) in [6.07, 6.45) is 7.11. The van der Waals surface area contributed by atoms with Gasteiger partial charge in [0.2, 0.25) is 11.8 Å². The summed E-state index contributed by atoms with van der Waals surface area (Å²) in [4.78, 5) is 19.2. The second-order valence-corrected chi connectivity index (χ2v) is 6.78. The molecule has 0 aliphatic carbocycles. The number of carbonyl (C=O) groups is 1. The maximum Gasteiger partial charge on any atom is 0.227 e. The van der Waals surface area contributed by atoms with Gasteiger partial charge in [-0.2, -0.15) is 4.98 Å². The van der Waals surface area contributed by atoms with Crippen LogP contribution in [-0.2, 0) is 24.1 Å². The minimum atomic E-state index is 0.205. The summed E-state index contributed by atoms with van der Waals surface area (Å²) in [5.41, 5.74) is 1.30. The third kappa shape index (κ3) is 4.91. The molecule has 1 fully saturated rings. The fraction of sp³-hybridized carbons (Fsp3) is 0.550. The Balaban J connectivity index is 1.56. The number of rotatable bonds is 7. The lowest BCUT2D eigenvalue weighted by Gasteiger charge is -2.36. The van der Waals surface area contributed by atoms with Crippen molar-refractivity contribution < 1.29 is 9.32 Å². The molecule has 1 saturated heterocycles. The Bertz CT molecular complexity index is 669. The van der Waals surface area contributed by atoms with Gasteiger partial charge in [-0.1, -0.05) is 42.4 Å². The van der Waals surface area contributed by atoms with Crippen LogP contribution < -0.4 is 0 Å². The molecule has 0 unspecified atom stereocenters. The summed E-state index contributed by atoms with van der Waals surface area (Å²) in [6, 6.07) is 10.8. The van der Waals surface area contributed by atoms with Crippen LogP contribution in [0.3, 0.4) is 0 Å². The molecule has 1 aliphatic rings. The molecule has 25 heavy (non-hydrogen) atoms. The van der Waals surface area contributed by atoms with E-state index in [1.54, 1.807) is 0 Å². The van der Waals surface area contributed by atoms with Crippen molar-refractivity contribution in [3.8, 4) is 0 Å². The minimum Gasteiger partial charge on any atom is -0.339 e. The largest absolute Gasteiger partial charge is 0.339 e. The number of amides is 1. The van der Waals surface area contributed by atoms with E-state index in [-0.39, 0.29) is 5.91 Å². The normalized spacial score (nSPS) is 17.6. The average molecular weight is 341 g/mol. The fourth-order valence-electron chi connectivity index (χ4n) is 3.50. The van der Waals surface area contributed by atoms with Crippen molar-refractivity contribution in [1.29, 1.82) is 0 Å². The summed E-state index contributed by atoms with van der Waals surface area (Å²) in [7, 11) is 0. The molecule has 0 spiro atoms. The number of carbonyl (C=O) groups excluding carboxylic acids is 1. The molecule has 1 aromatic heterocycles. The van der Waals surface area contributed by atoms with Crippen molar-refractivity contribution >= 4 is 5.91 Å². The Morgan fingerprint density at radius 2 is 2.08 bits per heavy atom. The van der Waals surface area contributed by atoms with Crippen molar-refractivity contribution in [1.82, 2.24) is 15.0 Å². The minimum absolute atomic E-state index is 0.205. The third-order valence-corrected chi connectivity index (χ3v) is 4.80. The molecule has 1 aliphatic heterocycles. The van der Waals surface area contributed by atoms with Crippen LogP contribution in [0.2, 0.25) is 0 Å². The first-order valence-corrected chi connectivity index (χ1v) is 9.41. The second-order valence-electron chi connectivity index (χ2n) is 6.78. The van der Waals surface area contributed by atoms with Crippen LogP contribution in [0.1, 0.15) is 56.3 Å². The highest BCUT2D eigenvalue weighted by molar-refractivity contribution is 5.76. The lowest BCUT2D eigenvalue weighted by Crippen LogP contribution is -2.45. The summed E-state index contributed by atoms with van der Waals surface area (Å²) in [5, 5.41) is 3.96. The Morgan fingerprint density at radius 1 is 1.24 bits per heavy atom. The second kappa shape index (κ2) is 8.79. The number of likely N-dealkylation sites (tertiary alicyclic amines) is 1. The molecule has 0 bridgehead atoms. The summed E-state index contributed by atoms with van der Waals surface area (Å²) >= 11 is 0. The Kier molecular flexibility index (Phi) is 6.20. The Labute approximate surface area is 149 Å². The first-order valence-electron chi connectivity index (χ1n) is 9.41. The van der Waals surface area contributed by atoms with Crippen molar-refractivity contribution in [2.75, 3.05) is 6.54 Å². The van der Waals surface area contributed by atoms with Crippen LogP contribution in [0, 0.1) is 0 Å². The first kappa shape index (κ1) is 17.6. The Hall–Kier alpha value is -2.17. The maximum absolute atomic E-state index is 12.7. The van der Waals surface area contributed by atoms with E-state index >= 15 is 0 Å². The molecule has 1 atom stereocenters. The van der Waals surface area contributed by atoms with Crippen LogP contribution in [0.15, 0.2) is 34.9 Å². The van der Waals surface area contributed by atoms with Gasteiger partial charge in [0.05, 0.1) is 0 Å². The molecule has 0 radical (unpaired) electrons. The van der Waals surface area contributed by atoms with E-state index in [1.165, 1.54) is 12.0 Å². The standard InChI is InChI=1S/C20H27N3O2/c1-2-8-18-21-19(25-22-18)12-13-20(24)23-14-7-6-11-17(23)15-16-9-4-3-5-10-16/h3-5,9-10,17H,2,6-8,11-15H2,1H3/t17-/m1/s1. The molecule has 5 heteroatoms. The zero-order valence-electron chi connectivity index (χ0n) is 15.0. The van der Waals surface area contributed by atoms with Gasteiger partial charge in [-0.3, -0.25) is 4.79 Å². The number of nitrogens with zero attached hydrogens (tertiary/aromatic N) is 3. The van der Waals surface area contributed by atoms with Gasteiger partial charge in [0, 0.05) is 31.8 Å². The van der Waals surface area contributed by atoms with Crippen LogP contribution in [-0.4, -0.2) is 33.5 Å². The molecule has 3 rings (SSSR count). The number of aryl methyl sites for hydroxylation is 2. The number of hydrogen-bond donors (Lipinski definition) is 0. The van der Waals surface area contributed by atoms with E-state index in [2.05, 4.69) is 46.2 Å². The summed E-state index contributed by atoms with van der Waals surface area (Å²) < 4.78 is 5.25. The van der Waals surface area contributed by atoms with E-state index in [1.807, 2.05) is 6.07 Å². The highest BCUT2D eigenvalue weighted by Crippen LogP contribution is 2.22. The van der Waals surface area contributed by atoms with Crippen LogP contribution >= 0.6 is 0 Å². The smallest absolute Gasteiger partial charge is 0.227 e. The van der Waals surface area contributed by atoms with Crippen LogP contribution in [0.4, 0.5) is 0 Å². The number of benzene rings is 1. The van der Waals surface area contributed by atoms with Gasteiger partial charge in [-0.15, -0.1) is 0 Å². The van der Waals surface area contributed by atoms with E-state index in [0.29, 0.717) is 24.8 Å². The predicted octanol–water partition coefficient (Wildman–Crippen LogP) is 3.58. The van der Waals surface area contributed by atoms with Crippen molar-refractivity contribution in [2.45, 2.75) is 64.3 Å². The molecule has 134 valence electrons. The van der Waals surface area contributed by atoms with Crippen LogP contribution in [0.5, 0.6) is 0 Å². The molecule has 1 aromatic carbocycles. The fourth-order valence-corrected chi connectivity index (χ4v) is 3.50. The highest BCUT2D eigenvalue weighted by atomic mass is 16.5. The topological polar surface area (TPSA) is 59.2 Å². The number of aromatic nitrogens is 2. The molecule has 0 N–H and O–H groups in total. The van der Waals surface area contributed by atoms with Crippen LogP contribution in [0.25, 0.3) is 0 Å². The molecule has 2 heterocycles.